The predicted octanol–water partition coefficient (Wildman–Crippen LogP) is 4.57. The van der Waals surface area contributed by atoms with Crippen molar-refractivity contribution in [3.63, 3.8) is 0 Å². The summed E-state index contributed by atoms with van der Waals surface area (Å²) < 4.78 is 8.14. The summed E-state index contributed by atoms with van der Waals surface area (Å²) in [7, 11) is 2.05. The van der Waals surface area contributed by atoms with E-state index in [2.05, 4.69) is 9.47 Å². The van der Waals surface area contributed by atoms with Crippen LogP contribution in [0.4, 0.5) is 0 Å². The zero-order valence-corrected chi connectivity index (χ0v) is 24.4. The first-order valence-electron chi connectivity index (χ1n) is 9.73. The van der Waals surface area contributed by atoms with Gasteiger partial charge in [-0.3, -0.25) is 0 Å². The molecule has 0 aliphatic rings. The number of carbonyl (C=O) groups is 2. The Kier molecular flexibility index (Phi) is 39.7. The summed E-state index contributed by atoms with van der Waals surface area (Å²) >= 11 is 0. The van der Waals surface area contributed by atoms with E-state index >= 15 is 0 Å². The number of methoxy groups -OCH3 is 2. The van der Waals surface area contributed by atoms with Gasteiger partial charge in [-0.1, -0.05) is 0 Å². The van der Waals surface area contributed by atoms with Crippen LogP contribution in [0.2, 0.25) is 0 Å². The van der Waals surface area contributed by atoms with Crippen molar-refractivity contribution in [2.75, 3.05) is 14.2 Å². The Balaban J connectivity index is -0.000000114. The van der Waals surface area contributed by atoms with Crippen LogP contribution < -0.4 is 0 Å². The number of aliphatic hydroxyl groups excluding tert-OH is 2. The van der Waals surface area contributed by atoms with Crippen LogP contribution in [0.5, 0.6) is 0 Å². The molecule has 4 aromatic rings. The quantitative estimate of drug-likeness (QED) is 0.215. The van der Waals surface area contributed by atoms with E-state index in [0.29, 0.717) is 0 Å². The van der Waals surface area contributed by atoms with Gasteiger partial charge >= 0.3 is 11.9 Å². The van der Waals surface area contributed by atoms with Gasteiger partial charge in [-0.05, 0) is 0 Å². The summed E-state index contributed by atoms with van der Waals surface area (Å²) in [6.07, 6.45) is -3.80. The van der Waals surface area contributed by atoms with Gasteiger partial charge < -0.3 is 64.9 Å². The van der Waals surface area contributed by atoms with Crippen molar-refractivity contribution in [2.45, 2.75) is 12.2 Å². The molecule has 0 heterocycles. The van der Waals surface area contributed by atoms with Crippen LogP contribution in [0.1, 0.15) is 0 Å². The molecule has 0 aromatic heterocycles. The predicted molar refractivity (Wildman–Crippen MR) is 137 cm³/mol. The number of esters is 2. The topological polar surface area (TPSA) is 93.1 Å². The summed E-state index contributed by atoms with van der Waals surface area (Å²) in [5, 5.41) is 17.7. The molecule has 202 valence electrons. The molecule has 2 unspecified atom stereocenters. The first-order chi connectivity index (χ1) is 15.5. The Morgan fingerprint density at radius 3 is 0.861 bits per heavy atom. The van der Waals surface area contributed by atoms with Crippen molar-refractivity contribution < 1.29 is 72.7 Å². The average molecular weight is 564 g/mol. The standard InChI is InChI=1S/C6H10O6.4C5H5.2CH3.2Ti/c1-11-5(9)3(7)4(8)6(10)12-2;4*1-2-4-5-3-1;;;;/h3-4,7-8H,1-2H3;4*1-5H;2*1H3;;/q;-5;5*-1;;. The van der Waals surface area contributed by atoms with Gasteiger partial charge in [0.1, 0.15) is 0 Å². The molecule has 2 atom stereocenters. The molecule has 4 rings (SSSR count). The molecule has 0 spiro atoms. The monoisotopic (exact) mass is 564 g/mol. The second-order valence-corrected chi connectivity index (χ2v) is 5.78. The van der Waals surface area contributed by atoms with E-state index in [-0.39, 0.29) is 58.3 Å². The van der Waals surface area contributed by atoms with E-state index in [0.717, 1.165) is 14.2 Å². The van der Waals surface area contributed by atoms with Crippen molar-refractivity contribution in [2.24, 2.45) is 0 Å². The molecule has 4 aromatic carbocycles. The minimum absolute atomic E-state index is 0. The summed E-state index contributed by atoms with van der Waals surface area (Å²) in [6.45, 7) is 0. The van der Waals surface area contributed by atoms with Crippen LogP contribution in [-0.2, 0) is 62.5 Å². The van der Waals surface area contributed by atoms with Gasteiger partial charge in [0.25, 0.3) is 0 Å². The Morgan fingerprint density at radius 2 is 0.750 bits per heavy atom. The van der Waals surface area contributed by atoms with E-state index in [1.807, 2.05) is 121 Å². The molecule has 0 amide bonds. The van der Waals surface area contributed by atoms with E-state index in [1.54, 1.807) is 0 Å². The van der Waals surface area contributed by atoms with Gasteiger partial charge in [-0.2, -0.15) is 54.6 Å². The molecule has 0 fully saturated rings. The van der Waals surface area contributed by atoms with Crippen LogP contribution in [-0.4, -0.2) is 48.6 Å². The maximum absolute atomic E-state index is 10.5. The van der Waals surface area contributed by atoms with E-state index < -0.39 is 24.1 Å². The summed E-state index contributed by atoms with van der Waals surface area (Å²) in [5.41, 5.74) is 0. The number of ether oxygens (including phenoxy) is 2. The molecular formula is C28H36O6Ti2-10. The fourth-order valence-corrected chi connectivity index (χ4v) is 1.78. The van der Waals surface area contributed by atoms with Crippen molar-refractivity contribution >= 4 is 11.9 Å². The zero-order chi connectivity index (χ0) is 23.9. The Bertz CT molecular complexity index is 633. The van der Waals surface area contributed by atoms with Gasteiger partial charge in [0.15, 0.2) is 12.2 Å². The molecule has 0 saturated heterocycles. The third-order valence-electron chi connectivity index (χ3n) is 3.41. The zero-order valence-electron chi connectivity index (χ0n) is 21.2. The number of hydrogen-bond donors (Lipinski definition) is 2. The maximum Gasteiger partial charge on any atom is 0.338 e. The molecule has 8 heteroatoms. The van der Waals surface area contributed by atoms with Gasteiger partial charge in [0.05, 0.1) is 14.2 Å². The average Bonchev–Trinajstić information content (AvgIpc) is 3.68. The fourth-order valence-electron chi connectivity index (χ4n) is 1.78. The van der Waals surface area contributed by atoms with Gasteiger partial charge in [-0.25, -0.2) is 46.0 Å². The smallest absolute Gasteiger partial charge is 0.338 e. The molecule has 0 saturated carbocycles. The summed E-state index contributed by atoms with van der Waals surface area (Å²) in [4.78, 5) is 21.1. The SMILES string of the molecule is COC(=O)C(O)C(O)C(=O)OC.[CH3-].[CH3-].[Ti].[Ti].[cH-]1[cH-][cH-][cH-][cH-]1.c1cc[cH-]c1.c1cc[cH-]c1.c1cc[cH-]c1. The van der Waals surface area contributed by atoms with Crippen molar-refractivity contribution in [3.8, 4) is 0 Å². The second-order valence-electron chi connectivity index (χ2n) is 5.78. The Labute approximate surface area is 246 Å². The molecule has 2 N–H and O–H groups in total. The molecule has 6 nitrogen and oxygen atoms in total. The molecule has 36 heavy (non-hydrogen) atoms. The van der Waals surface area contributed by atoms with Gasteiger partial charge in [0, 0.05) is 43.4 Å². The van der Waals surface area contributed by atoms with E-state index in [1.165, 1.54) is 0 Å². The first kappa shape index (κ1) is 43.7. The van der Waals surface area contributed by atoms with Gasteiger partial charge in [-0.15, -0.1) is 0 Å². The number of hydrogen-bond acceptors (Lipinski definition) is 6. The third-order valence-corrected chi connectivity index (χ3v) is 3.41. The normalized spacial score (nSPS) is 9.33. The van der Waals surface area contributed by atoms with Crippen LogP contribution in [0, 0.1) is 14.9 Å². The minimum atomic E-state index is -1.90. The second kappa shape index (κ2) is 32.7. The maximum atomic E-state index is 10.5. The Morgan fingerprint density at radius 1 is 0.556 bits per heavy atom. The number of carbonyl (C=O) groups excluding carboxylic acids is 2. The van der Waals surface area contributed by atoms with Crippen LogP contribution >= 0.6 is 0 Å². The summed E-state index contributed by atoms with van der Waals surface area (Å²) in [6, 6.07) is 40.0. The van der Waals surface area contributed by atoms with Crippen molar-refractivity contribution in [1.29, 1.82) is 0 Å². The van der Waals surface area contributed by atoms with E-state index in [4.69, 9.17) is 10.2 Å². The number of rotatable bonds is 3. The van der Waals surface area contributed by atoms with Crippen LogP contribution in [0.25, 0.3) is 0 Å². The Hall–Kier alpha value is -2.31. The molecule has 0 aliphatic heterocycles. The molecule has 0 aliphatic carbocycles. The van der Waals surface area contributed by atoms with Crippen LogP contribution in [0.3, 0.4) is 0 Å². The molecular weight excluding hydrogens is 528 g/mol. The van der Waals surface area contributed by atoms with Crippen molar-refractivity contribution in [3.05, 3.63) is 136 Å². The third kappa shape index (κ3) is 26.3. The minimum Gasteiger partial charge on any atom is -0.748 e. The van der Waals surface area contributed by atoms with E-state index in [9.17, 15) is 9.59 Å². The number of aliphatic hydroxyl groups is 2. The van der Waals surface area contributed by atoms with Crippen LogP contribution in [0.15, 0.2) is 121 Å². The molecule has 0 bridgehead atoms. The fraction of sp³-hybridized carbons (Fsp3) is 0.143. The first-order valence-corrected chi connectivity index (χ1v) is 9.73. The largest absolute Gasteiger partial charge is 0.748 e. The van der Waals surface area contributed by atoms with Crippen molar-refractivity contribution in [1.82, 2.24) is 0 Å². The molecule has 0 radical (unpaired) electrons. The summed E-state index contributed by atoms with van der Waals surface area (Å²) in [5.74, 6) is -2.18. The van der Waals surface area contributed by atoms with Gasteiger partial charge in [0.2, 0.25) is 0 Å².